The molecule has 0 aliphatic carbocycles. The van der Waals surface area contributed by atoms with E-state index in [-0.39, 0.29) is 35.4 Å². The fraction of sp³-hybridized carbons (Fsp3) is 0.375. The number of amidine groups is 3. The van der Waals surface area contributed by atoms with Crippen LogP contribution >= 0.6 is 0 Å². The number of hydrogen-bond donors (Lipinski definition) is 5. The summed E-state index contributed by atoms with van der Waals surface area (Å²) in [5.41, 5.74) is 18.1. The van der Waals surface area contributed by atoms with E-state index in [0.717, 1.165) is 6.07 Å². The molecule has 0 unspecified atom stereocenters. The van der Waals surface area contributed by atoms with Crippen LogP contribution in [0.25, 0.3) is 0 Å². The van der Waals surface area contributed by atoms with Gasteiger partial charge < -0.3 is 22.1 Å². The standard InChI is InChI=1S/C16H22FN7O/c1-8-5-10(17)6-11(12(8)18)15(22)23-14(21)9-3-2-4-24(7-9)16(25)13(19)20/h5-6,9H,2-4,7,18H2,1H3,(H3,19,20)(H3,21,22,23)/t9-/m1/s1. The molecule has 0 radical (unpaired) electrons. The highest BCUT2D eigenvalue weighted by Crippen LogP contribution is 2.21. The number of carbonyl (C=O) groups is 1. The van der Waals surface area contributed by atoms with Crippen LogP contribution in [0.4, 0.5) is 10.1 Å². The summed E-state index contributed by atoms with van der Waals surface area (Å²) in [6.07, 6.45) is 1.39. The Kier molecular flexibility index (Phi) is 5.35. The van der Waals surface area contributed by atoms with Crippen LogP contribution < -0.4 is 17.2 Å². The van der Waals surface area contributed by atoms with Gasteiger partial charge in [-0.15, -0.1) is 0 Å². The van der Waals surface area contributed by atoms with Crippen LogP contribution in [0, 0.1) is 29.5 Å². The van der Waals surface area contributed by atoms with Gasteiger partial charge in [0.05, 0.1) is 0 Å². The van der Waals surface area contributed by atoms with Crippen molar-refractivity contribution in [2.45, 2.75) is 19.8 Å². The first-order chi connectivity index (χ1) is 11.7. The molecule has 1 saturated heterocycles. The lowest BCUT2D eigenvalue weighted by molar-refractivity contribution is -0.125. The average molecular weight is 347 g/mol. The van der Waals surface area contributed by atoms with Crippen molar-refractivity contribution in [1.29, 1.82) is 10.8 Å². The van der Waals surface area contributed by atoms with Gasteiger partial charge in [0, 0.05) is 30.3 Å². The molecule has 0 spiro atoms. The van der Waals surface area contributed by atoms with Gasteiger partial charge in [0.2, 0.25) is 0 Å². The molecule has 1 heterocycles. The molecule has 1 aromatic rings. The third-order valence-electron chi connectivity index (χ3n) is 4.20. The SMILES string of the molecule is Cc1cc(F)cc(C(=N)N=C(N)[C@@H]2CCCN(C(=O)C(=N)N)C2)c1N. The average Bonchev–Trinajstić information content (AvgIpc) is 2.57. The summed E-state index contributed by atoms with van der Waals surface area (Å²) in [7, 11) is 0. The number of benzene rings is 1. The molecule has 134 valence electrons. The number of nitrogens with two attached hydrogens (primary N) is 3. The Hall–Kier alpha value is -2.97. The Labute approximate surface area is 144 Å². The van der Waals surface area contributed by atoms with E-state index < -0.39 is 17.6 Å². The van der Waals surface area contributed by atoms with Gasteiger partial charge in [0.25, 0.3) is 5.91 Å². The van der Waals surface area contributed by atoms with Gasteiger partial charge >= 0.3 is 0 Å². The van der Waals surface area contributed by atoms with Crippen molar-refractivity contribution in [3.63, 3.8) is 0 Å². The van der Waals surface area contributed by atoms with Gasteiger partial charge in [0.15, 0.2) is 11.7 Å². The molecule has 9 heteroatoms. The number of rotatable bonds is 2. The number of nitrogens with one attached hydrogen (secondary N) is 2. The van der Waals surface area contributed by atoms with Crippen LogP contribution in [0.15, 0.2) is 17.1 Å². The molecule has 2 rings (SSSR count). The van der Waals surface area contributed by atoms with Crippen molar-refractivity contribution >= 4 is 29.1 Å². The molecule has 1 aromatic carbocycles. The number of piperidine rings is 1. The topological polar surface area (TPSA) is 158 Å². The van der Waals surface area contributed by atoms with Crippen LogP contribution in [0.1, 0.15) is 24.0 Å². The monoisotopic (exact) mass is 347 g/mol. The van der Waals surface area contributed by atoms with Crippen molar-refractivity contribution in [3.05, 3.63) is 29.1 Å². The summed E-state index contributed by atoms with van der Waals surface area (Å²) in [6.45, 7) is 2.42. The molecule has 0 bridgehead atoms. The van der Waals surface area contributed by atoms with Crippen molar-refractivity contribution < 1.29 is 9.18 Å². The van der Waals surface area contributed by atoms with Crippen LogP contribution in [0.5, 0.6) is 0 Å². The van der Waals surface area contributed by atoms with Gasteiger partial charge in [-0.2, -0.15) is 0 Å². The van der Waals surface area contributed by atoms with E-state index in [1.165, 1.54) is 11.0 Å². The number of aryl methyl sites for hydroxylation is 1. The minimum atomic E-state index is -0.544. The maximum atomic E-state index is 13.6. The lowest BCUT2D eigenvalue weighted by Crippen LogP contribution is -2.48. The summed E-state index contributed by atoms with van der Waals surface area (Å²) < 4.78 is 13.6. The van der Waals surface area contributed by atoms with E-state index in [2.05, 4.69) is 4.99 Å². The lowest BCUT2D eigenvalue weighted by Gasteiger charge is -2.32. The largest absolute Gasteiger partial charge is 0.398 e. The van der Waals surface area contributed by atoms with E-state index in [0.29, 0.717) is 24.9 Å². The highest BCUT2D eigenvalue weighted by Gasteiger charge is 2.27. The maximum absolute atomic E-state index is 13.6. The predicted molar refractivity (Wildman–Crippen MR) is 95.2 cm³/mol. The first-order valence-corrected chi connectivity index (χ1v) is 7.82. The zero-order valence-electron chi connectivity index (χ0n) is 14.0. The summed E-state index contributed by atoms with van der Waals surface area (Å²) in [5, 5.41) is 15.3. The molecule has 1 aliphatic rings. The number of aliphatic imine (C=N–C) groups is 1. The number of carbonyl (C=O) groups excluding carboxylic acids is 1. The highest BCUT2D eigenvalue weighted by molar-refractivity contribution is 6.35. The second kappa shape index (κ2) is 7.29. The molecule has 0 saturated carbocycles. The van der Waals surface area contributed by atoms with Crippen molar-refractivity contribution in [1.82, 2.24) is 4.90 Å². The van der Waals surface area contributed by atoms with Crippen molar-refractivity contribution in [2.75, 3.05) is 18.8 Å². The van der Waals surface area contributed by atoms with Gasteiger partial charge in [0.1, 0.15) is 11.7 Å². The van der Waals surface area contributed by atoms with Gasteiger partial charge in [-0.3, -0.25) is 15.6 Å². The van der Waals surface area contributed by atoms with Crippen LogP contribution in [0.3, 0.4) is 0 Å². The van der Waals surface area contributed by atoms with E-state index in [1.54, 1.807) is 6.92 Å². The van der Waals surface area contributed by atoms with Gasteiger partial charge in [-0.05, 0) is 37.5 Å². The summed E-state index contributed by atoms with van der Waals surface area (Å²) >= 11 is 0. The summed E-state index contributed by atoms with van der Waals surface area (Å²) in [4.78, 5) is 17.3. The number of nitrogen functional groups attached to an aromatic ring is 1. The number of halogens is 1. The second-order valence-corrected chi connectivity index (χ2v) is 6.07. The molecule has 1 aliphatic heterocycles. The van der Waals surface area contributed by atoms with Crippen LogP contribution in [0.2, 0.25) is 0 Å². The zero-order chi connectivity index (χ0) is 18.7. The molecular formula is C16H22FN7O. The minimum Gasteiger partial charge on any atom is -0.398 e. The Bertz CT molecular complexity index is 759. The molecule has 8 N–H and O–H groups in total. The molecular weight excluding hydrogens is 325 g/mol. The minimum absolute atomic E-state index is 0.173. The van der Waals surface area contributed by atoms with Gasteiger partial charge in [-0.25, -0.2) is 9.38 Å². The van der Waals surface area contributed by atoms with Crippen LogP contribution in [-0.2, 0) is 4.79 Å². The van der Waals surface area contributed by atoms with Crippen molar-refractivity contribution in [3.8, 4) is 0 Å². The maximum Gasteiger partial charge on any atom is 0.288 e. The molecule has 25 heavy (non-hydrogen) atoms. The summed E-state index contributed by atoms with van der Waals surface area (Å²) in [6, 6.07) is 2.43. The molecule has 1 atom stereocenters. The fourth-order valence-electron chi connectivity index (χ4n) is 2.80. The molecule has 0 aromatic heterocycles. The first-order valence-electron chi connectivity index (χ1n) is 7.82. The van der Waals surface area contributed by atoms with E-state index >= 15 is 0 Å². The summed E-state index contributed by atoms with van der Waals surface area (Å²) in [5.74, 6) is -1.88. The van der Waals surface area contributed by atoms with Crippen molar-refractivity contribution in [2.24, 2.45) is 22.4 Å². The Balaban J connectivity index is 2.19. The third kappa shape index (κ3) is 4.11. The quantitative estimate of drug-likeness (QED) is 0.301. The number of nitrogens with zero attached hydrogens (tertiary/aromatic N) is 2. The first kappa shape index (κ1) is 18.4. The smallest absolute Gasteiger partial charge is 0.288 e. The van der Waals surface area contributed by atoms with E-state index in [9.17, 15) is 9.18 Å². The lowest BCUT2D eigenvalue weighted by atomic mass is 9.96. The number of hydrogen-bond acceptors (Lipinski definition) is 4. The molecule has 8 nitrogen and oxygen atoms in total. The zero-order valence-corrected chi connectivity index (χ0v) is 14.0. The normalized spacial score (nSPS) is 18.1. The Morgan fingerprint density at radius 3 is 2.68 bits per heavy atom. The predicted octanol–water partition coefficient (Wildman–Crippen LogP) is 0.573. The van der Waals surface area contributed by atoms with Crippen LogP contribution in [-0.4, -0.2) is 41.4 Å². The number of likely N-dealkylation sites (tertiary alicyclic amines) is 1. The number of anilines is 1. The van der Waals surface area contributed by atoms with E-state index in [1.807, 2.05) is 0 Å². The van der Waals surface area contributed by atoms with E-state index in [4.69, 9.17) is 28.0 Å². The Morgan fingerprint density at radius 2 is 2.04 bits per heavy atom. The molecule has 1 fully saturated rings. The molecule has 1 amide bonds. The number of amides is 1. The fourth-order valence-corrected chi connectivity index (χ4v) is 2.80. The van der Waals surface area contributed by atoms with Gasteiger partial charge in [-0.1, -0.05) is 0 Å². The Morgan fingerprint density at radius 1 is 1.36 bits per heavy atom. The third-order valence-corrected chi connectivity index (χ3v) is 4.20. The second-order valence-electron chi connectivity index (χ2n) is 6.07. The highest BCUT2D eigenvalue weighted by atomic mass is 19.1.